The van der Waals surface area contributed by atoms with Crippen LogP contribution in [-0.2, 0) is 6.42 Å². The van der Waals surface area contributed by atoms with E-state index >= 15 is 0 Å². The van der Waals surface area contributed by atoms with Crippen LogP contribution >= 0.6 is 0 Å². The molecule has 2 N–H and O–H groups in total. The molecule has 0 radical (unpaired) electrons. The van der Waals surface area contributed by atoms with Gasteiger partial charge >= 0.3 is 0 Å². The lowest BCUT2D eigenvalue weighted by Gasteiger charge is -2.15. The highest BCUT2D eigenvalue weighted by Crippen LogP contribution is 2.19. The van der Waals surface area contributed by atoms with Gasteiger partial charge in [-0.1, -0.05) is 18.2 Å². The Balaban J connectivity index is 2.14. The summed E-state index contributed by atoms with van der Waals surface area (Å²) < 4.78 is 12.8. The maximum Gasteiger partial charge on any atom is 0.123 e. The van der Waals surface area contributed by atoms with Crippen molar-refractivity contribution in [2.75, 3.05) is 6.54 Å². The second-order valence-corrected chi connectivity index (χ2v) is 4.05. The summed E-state index contributed by atoms with van der Waals surface area (Å²) in [6.07, 6.45) is 4.42. The van der Waals surface area contributed by atoms with E-state index in [-0.39, 0.29) is 11.7 Å². The first-order chi connectivity index (χ1) is 8.29. The van der Waals surface area contributed by atoms with Gasteiger partial charge in [-0.3, -0.25) is 4.98 Å². The predicted molar refractivity (Wildman–Crippen MR) is 66.1 cm³/mol. The molecule has 2 rings (SSSR count). The van der Waals surface area contributed by atoms with Crippen molar-refractivity contribution in [1.29, 1.82) is 0 Å². The Kier molecular flexibility index (Phi) is 3.83. The molecule has 2 nitrogen and oxygen atoms in total. The highest BCUT2D eigenvalue weighted by molar-refractivity contribution is 5.23. The van der Waals surface area contributed by atoms with Gasteiger partial charge in [0.15, 0.2) is 0 Å². The molecule has 1 aromatic carbocycles. The first-order valence-electron chi connectivity index (χ1n) is 5.64. The fourth-order valence-electron chi connectivity index (χ4n) is 1.88. The Bertz CT molecular complexity index is 453. The highest BCUT2D eigenvalue weighted by Gasteiger charge is 2.10. The second kappa shape index (κ2) is 5.55. The summed E-state index contributed by atoms with van der Waals surface area (Å²) in [5.41, 5.74) is 7.99. The van der Waals surface area contributed by atoms with Crippen LogP contribution in [0.15, 0.2) is 48.8 Å². The summed E-state index contributed by atoms with van der Waals surface area (Å²) >= 11 is 0. The lowest BCUT2D eigenvalue weighted by Crippen LogP contribution is -2.15. The number of benzene rings is 1. The van der Waals surface area contributed by atoms with Gasteiger partial charge in [-0.2, -0.15) is 0 Å². The van der Waals surface area contributed by atoms with Crippen molar-refractivity contribution >= 4 is 0 Å². The maximum atomic E-state index is 12.8. The fraction of sp³-hybridized carbons (Fsp3) is 0.214. The van der Waals surface area contributed by atoms with Crippen molar-refractivity contribution in [3.8, 4) is 0 Å². The van der Waals surface area contributed by atoms with E-state index in [9.17, 15) is 4.39 Å². The first-order valence-corrected chi connectivity index (χ1v) is 5.64. The Morgan fingerprint density at radius 1 is 1.18 bits per heavy atom. The maximum absolute atomic E-state index is 12.8. The van der Waals surface area contributed by atoms with Crippen LogP contribution in [-0.4, -0.2) is 11.5 Å². The van der Waals surface area contributed by atoms with E-state index in [2.05, 4.69) is 4.98 Å². The highest BCUT2D eigenvalue weighted by atomic mass is 19.1. The number of nitrogens with zero attached hydrogens (tertiary/aromatic N) is 1. The van der Waals surface area contributed by atoms with Crippen LogP contribution in [0.2, 0.25) is 0 Å². The number of halogens is 1. The van der Waals surface area contributed by atoms with Crippen LogP contribution in [0.4, 0.5) is 4.39 Å². The van der Waals surface area contributed by atoms with Crippen molar-refractivity contribution in [3.63, 3.8) is 0 Å². The summed E-state index contributed by atoms with van der Waals surface area (Å²) in [7, 11) is 0. The smallest absolute Gasteiger partial charge is 0.123 e. The molecule has 0 saturated carbocycles. The van der Waals surface area contributed by atoms with Gasteiger partial charge in [0.1, 0.15) is 5.82 Å². The topological polar surface area (TPSA) is 38.9 Å². The van der Waals surface area contributed by atoms with Gasteiger partial charge < -0.3 is 5.73 Å². The zero-order chi connectivity index (χ0) is 12.1. The van der Waals surface area contributed by atoms with Crippen molar-refractivity contribution < 1.29 is 4.39 Å². The van der Waals surface area contributed by atoms with Gasteiger partial charge in [-0.25, -0.2) is 4.39 Å². The van der Waals surface area contributed by atoms with Gasteiger partial charge in [0.25, 0.3) is 0 Å². The van der Waals surface area contributed by atoms with Crippen molar-refractivity contribution in [2.24, 2.45) is 5.73 Å². The molecule has 0 fully saturated rings. The van der Waals surface area contributed by atoms with Crippen LogP contribution < -0.4 is 5.73 Å². The van der Waals surface area contributed by atoms with Crippen LogP contribution in [0.3, 0.4) is 0 Å². The summed E-state index contributed by atoms with van der Waals surface area (Å²) in [5, 5.41) is 0. The number of hydrogen-bond donors (Lipinski definition) is 1. The predicted octanol–water partition coefficient (Wildman–Crippen LogP) is 2.51. The van der Waals surface area contributed by atoms with E-state index in [0.29, 0.717) is 6.54 Å². The standard InChI is InChI=1S/C14H15FN2/c15-14-5-3-12(4-6-14)13(9-16)8-11-2-1-7-17-10-11/h1-7,10,13H,8-9,16H2. The van der Waals surface area contributed by atoms with Crippen molar-refractivity contribution in [1.82, 2.24) is 4.98 Å². The molecule has 17 heavy (non-hydrogen) atoms. The van der Waals surface area contributed by atoms with E-state index in [1.807, 2.05) is 18.3 Å². The molecule has 88 valence electrons. The average molecular weight is 230 g/mol. The van der Waals surface area contributed by atoms with Crippen molar-refractivity contribution in [3.05, 3.63) is 65.7 Å². The van der Waals surface area contributed by atoms with Gasteiger partial charge in [-0.05, 0) is 42.3 Å². The minimum Gasteiger partial charge on any atom is -0.330 e. The largest absolute Gasteiger partial charge is 0.330 e. The Hall–Kier alpha value is -1.74. The summed E-state index contributed by atoms with van der Waals surface area (Å²) in [5.74, 6) is -0.00861. The molecular formula is C14H15FN2. The number of hydrogen-bond acceptors (Lipinski definition) is 2. The molecule has 0 amide bonds. The third-order valence-electron chi connectivity index (χ3n) is 2.83. The van der Waals surface area contributed by atoms with E-state index in [4.69, 9.17) is 5.73 Å². The molecule has 1 unspecified atom stereocenters. The molecule has 3 heteroatoms. The van der Waals surface area contributed by atoms with E-state index in [1.165, 1.54) is 12.1 Å². The van der Waals surface area contributed by atoms with Gasteiger partial charge in [0.2, 0.25) is 0 Å². The molecule has 0 spiro atoms. The summed E-state index contributed by atoms with van der Waals surface area (Å²) in [4.78, 5) is 4.08. The third kappa shape index (κ3) is 3.11. The molecule has 1 aromatic heterocycles. The lowest BCUT2D eigenvalue weighted by molar-refractivity contribution is 0.623. The molecule has 1 atom stereocenters. The van der Waals surface area contributed by atoms with Gasteiger partial charge in [-0.15, -0.1) is 0 Å². The monoisotopic (exact) mass is 230 g/mol. The third-order valence-corrected chi connectivity index (χ3v) is 2.83. The zero-order valence-corrected chi connectivity index (χ0v) is 9.51. The normalized spacial score (nSPS) is 12.4. The molecule has 0 aliphatic rings. The Morgan fingerprint density at radius 3 is 2.53 bits per heavy atom. The average Bonchev–Trinajstić information content (AvgIpc) is 2.38. The second-order valence-electron chi connectivity index (χ2n) is 4.05. The number of pyridine rings is 1. The van der Waals surface area contributed by atoms with E-state index in [0.717, 1.165) is 17.5 Å². The molecule has 0 aliphatic heterocycles. The molecule has 1 heterocycles. The summed E-state index contributed by atoms with van der Waals surface area (Å²) in [6, 6.07) is 10.5. The number of rotatable bonds is 4. The zero-order valence-electron chi connectivity index (χ0n) is 9.51. The molecule has 0 aliphatic carbocycles. The number of aromatic nitrogens is 1. The lowest BCUT2D eigenvalue weighted by atomic mass is 9.93. The van der Waals surface area contributed by atoms with Crippen LogP contribution in [0.25, 0.3) is 0 Å². The Morgan fingerprint density at radius 2 is 1.94 bits per heavy atom. The molecule has 0 bridgehead atoms. The number of nitrogens with two attached hydrogens (primary N) is 1. The van der Waals surface area contributed by atoms with Crippen molar-refractivity contribution in [2.45, 2.75) is 12.3 Å². The molecular weight excluding hydrogens is 215 g/mol. The van der Waals surface area contributed by atoms with Crippen LogP contribution in [0, 0.1) is 5.82 Å². The van der Waals surface area contributed by atoms with Gasteiger partial charge in [0.05, 0.1) is 0 Å². The van der Waals surface area contributed by atoms with E-state index in [1.54, 1.807) is 18.3 Å². The molecule has 2 aromatic rings. The van der Waals surface area contributed by atoms with Gasteiger partial charge in [0, 0.05) is 18.3 Å². The SMILES string of the molecule is NCC(Cc1cccnc1)c1ccc(F)cc1. The first kappa shape index (κ1) is 11.7. The Labute approximate surface area is 100 Å². The minimum atomic E-state index is -0.217. The quantitative estimate of drug-likeness (QED) is 0.876. The van der Waals surface area contributed by atoms with E-state index < -0.39 is 0 Å². The van der Waals surface area contributed by atoms with Crippen LogP contribution in [0.5, 0.6) is 0 Å². The van der Waals surface area contributed by atoms with Crippen LogP contribution in [0.1, 0.15) is 17.0 Å². The summed E-state index contributed by atoms with van der Waals surface area (Å²) in [6.45, 7) is 0.542. The fourth-order valence-corrected chi connectivity index (χ4v) is 1.88. The minimum absolute atomic E-state index is 0.208. The molecule has 0 saturated heterocycles.